The number of rotatable bonds is 4. The number of benzene rings is 2. The molecule has 2 aliphatic heterocycles. The Morgan fingerprint density at radius 1 is 1.03 bits per heavy atom. The monoisotopic (exact) mass is 435 g/mol. The van der Waals surface area contributed by atoms with Crippen molar-refractivity contribution in [2.24, 2.45) is 0 Å². The van der Waals surface area contributed by atoms with Crippen molar-refractivity contribution in [3.63, 3.8) is 0 Å². The van der Waals surface area contributed by atoms with E-state index in [1.807, 2.05) is 30.9 Å². The third-order valence-electron chi connectivity index (χ3n) is 6.20. The first kappa shape index (κ1) is 21.9. The number of carbonyl (C=O) groups is 3. The standard InChI is InChI=1S/C25H29N3O4/c1-16-7-8-19(13-17(16)2)24(30)26-20-9-10-22-21(14-20)28(25(31)18(3)32-22)15-23(29)27-11-5-4-6-12-27/h7-10,13-14,18H,4-6,11-12,15H2,1-3H3,(H,26,30). The smallest absolute Gasteiger partial charge is 0.268 e. The number of likely N-dealkylation sites (tertiary alicyclic amines) is 1. The van der Waals surface area contributed by atoms with Gasteiger partial charge in [-0.05, 0) is 81.5 Å². The van der Waals surface area contributed by atoms with Gasteiger partial charge in [0.2, 0.25) is 5.91 Å². The molecule has 0 aliphatic carbocycles. The number of anilines is 2. The lowest BCUT2D eigenvalue weighted by Gasteiger charge is -2.35. The summed E-state index contributed by atoms with van der Waals surface area (Å²) in [5.41, 5.74) is 3.75. The van der Waals surface area contributed by atoms with E-state index in [9.17, 15) is 14.4 Å². The van der Waals surface area contributed by atoms with Gasteiger partial charge in [0.1, 0.15) is 12.3 Å². The minimum absolute atomic E-state index is 0.0336. The van der Waals surface area contributed by atoms with Crippen molar-refractivity contribution in [3.05, 3.63) is 53.1 Å². The first-order valence-electron chi connectivity index (χ1n) is 11.1. The fourth-order valence-corrected chi connectivity index (χ4v) is 4.11. The third kappa shape index (κ3) is 4.47. The minimum Gasteiger partial charge on any atom is -0.479 e. The van der Waals surface area contributed by atoms with Gasteiger partial charge in [-0.3, -0.25) is 19.3 Å². The molecule has 0 bridgehead atoms. The molecule has 1 unspecified atom stereocenters. The highest BCUT2D eigenvalue weighted by molar-refractivity contribution is 6.07. The normalized spacial score (nSPS) is 18.1. The van der Waals surface area contributed by atoms with Gasteiger partial charge in [-0.15, -0.1) is 0 Å². The van der Waals surface area contributed by atoms with E-state index < -0.39 is 6.10 Å². The summed E-state index contributed by atoms with van der Waals surface area (Å²) >= 11 is 0. The first-order valence-corrected chi connectivity index (χ1v) is 11.1. The predicted octanol–water partition coefficient (Wildman–Crippen LogP) is 3.68. The Labute approximate surface area is 188 Å². The van der Waals surface area contributed by atoms with Crippen molar-refractivity contribution >= 4 is 29.1 Å². The summed E-state index contributed by atoms with van der Waals surface area (Å²) in [6.07, 6.45) is 2.44. The molecule has 0 spiro atoms. The van der Waals surface area contributed by atoms with E-state index in [2.05, 4.69) is 5.32 Å². The van der Waals surface area contributed by atoms with Crippen molar-refractivity contribution in [1.82, 2.24) is 4.90 Å². The lowest BCUT2D eigenvalue weighted by molar-refractivity contribution is -0.133. The number of aryl methyl sites for hydroxylation is 2. The number of nitrogens with zero attached hydrogens (tertiary/aromatic N) is 2. The Morgan fingerprint density at radius 3 is 2.50 bits per heavy atom. The number of fused-ring (bicyclic) bond motifs is 1. The first-order chi connectivity index (χ1) is 15.3. The number of ether oxygens (including phenoxy) is 1. The second-order valence-electron chi connectivity index (χ2n) is 8.56. The fraction of sp³-hybridized carbons (Fsp3) is 0.400. The van der Waals surface area contributed by atoms with Gasteiger partial charge >= 0.3 is 0 Å². The van der Waals surface area contributed by atoms with Crippen LogP contribution in [0.5, 0.6) is 5.75 Å². The summed E-state index contributed by atoms with van der Waals surface area (Å²) in [6, 6.07) is 10.7. The van der Waals surface area contributed by atoms with Crippen LogP contribution in [0.4, 0.5) is 11.4 Å². The van der Waals surface area contributed by atoms with Crippen molar-refractivity contribution in [2.75, 3.05) is 29.9 Å². The lowest BCUT2D eigenvalue weighted by atomic mass is 10.1. The van der Waals surface area contributed by atoms with Gasteiger partial charge in [-0.2, -0.15) is 0 Å². The largest absolute Gasteiger partial charge is 0.479 e. The lowest BCUT2D eigenvalue weighted by Crippen LogP contribution is -2.50. The number of hydrogen-bond acceptors (Lipinski definition) is 4. The SMILES string of the molecule is Cc1ccc(C(=O)Nc2ccc3c(c2)N(CC(=O)N2CCCCC2)C(=O)C(C)O3)cc1C. The predicted molar refractivity (Wildman–Crippen MR) is 123 cm³/mol. The molecule has 1 saturated heterocycles. The van der Waals surface area contributed by atoms with Crippen molar-refractivity contribution < 1.29 is 19.1 Å². The highest BCUT2D eigenvalue weighted by atomic mass is 16.5. The topological polar surface area (TPSA) is 79.0 Å². The molecule has 4 rings (SSSR count). The maximum absolute atomic E-state index is 12.9. The number of hydrogen-bond donors (Lipinski definition) is 1. The highest BCUT2D eigenvalue weighted by Crippen LogP contribution is 2.36. The van der Waals surface area contributed by atoms with Gasteiger partial charge in [0, 0.05) is 24.3 Å². The quantitative estimate of drug-likeness (QED) is 0.795. The highest BCUT2D eigenvalue weighted by Gasteiger charge is 2.34. The second-order valence-corrected chi connectivity index (χ2v) is 8.56. The van der Waals surface area contributed by atoms with E-state index >= 15 is 0 Å². The third-order valence-corrected chi connectivity index (χ3v) is 6.20. The molecular formula is C25H29N3O4. The molecule has 2 aromatic carbocycles. The number of carbonyl (C=O) groups excluding carboxylic acids is 3. The van der Waals surface area contributed by atoms with Gasteiger partial charge in [-0.1, -0.05) is 6.07 Å². The van der Waals surface area contributed by atoms with E-state index in [1.165, 1.54) is 4.90 Å². The van der Waals surface area contributed by atoms with Crippen LogP contribution in [0.25, 0.3) is 0 Å². The van der Waals surface area contributed by atoms with Gasteiger partial charge in [-0.25, -0.2) is 0 Å². The Hall–Kier alpha value is -3.35. The Balaban J connectivity index is 1.56. The van der Waals surface area contributed by atoms with Crippen LogP contribution < -0.4 is 15.0 Å². The molecule has 1 fully saturated rings. The van der Waals surface area contributed by atoms with Crippen LogP contribution in [-0.2, 0) is 9.59 Å². The average Bonchev–Trinajstić information content (AvgIpc) is 2.79. The Bertz CT molecular complexity index is 1060. The van der Waals surface area contributed by atoms with Crippen molar-refractivity contribution in [1.29, 1.82) is 0 Å². The van der Waals surface area contributed by atoms with E-state index in [0.717, 1.165) is 43.5 Å². The number of piperidine rings is 1. The van der Waals surface area contributed by atoms with E-state index in [-0.39, 0.29) is 24.3 Å². The minimum atomic E-state index is -0.673. The zero-order valence-corrected chi connectivity index (χ0v) is 18.8. The van der Waals surface area contributed by atoms with Gasteiger partial charge in [0.05, 0.1) is 5.69 Å². The summed E-state index contributed by atoms with van der Waals surface area (Å²) in [5.74, 6) is -0.0451. The maximum atomic E-state index is 12.9. The molecule has 2 aliphatic rings. The Morgan fingerprint density at radius 2 is 1.78 bits per heavy atom. The van der Waals surface area contributed by atoms with Gasteiger partial charge < -0.3 is 15.0 Å². The molecule has 0 saturated carbocycles. The molecule has 1 N–H and O–H groups in total. The molecule has 168 valence electrons. The molecule has 1 atom stereocenters. The van der Waals surface area contributed by atoms with E-state index in [4.69, 9.17) is 4.74 Å². The van der Waals surface area contributed by atoms with Crippen LogP contribution in [0.3, 0.4) is 0 Å². The maximum Gasteiger partial charge on any atom is 0.268 e. The van der Waals surface area contributed by atoms with Crippen LogP contribution in [0, 0.1) is 13.8 Å². The van der Waals surface area contributed by atoms with Crippen LogP contribution in [0.15, 0.2) is 36.4 Å². The fourth-order valence-electron chi connectivity index (χ4n) is 4.11. The summed E-state index contributed by atoms with van der Waals surface area (Å²) in [6.45, 7) is 7.06. The molecule has 0 aromatic heterocycles. The van der Waals surface area contributed by atoms with Gasteiger partial charge in [0.15, 0.2) is 6.10 Å². The summed E-state index contributed by atoms with van der Waals surface area (Å²) in [7, 11) is 0. The van der Waals surface area contributed by atoms with Crippen LogP contribution >= 0.6 is 0 Å². The molecule has 3 amide bonds. The molecule has 2 heterocycles. The zero-order valence-electron chi connectivity index (χ0n) is 18.8. The van der Waals surface area contributed by atoms with E-state index in [1.54, 1.807) is 31.2 Å². The van der Waals surface area contributed by atoms with Gasteiger partial charge in [0.25, 0.3) is 11.8 Å². The number of amides is 3. The zero-order chi connectivity index (χ0) is 22.8. The second kappa shape index (κ2) is 9.02. The number of nitrogens with one attached hydrogen (secondary N) is 1. The van der Waals surface area contributed by atoms with Crippen molar-refractivity contribution in [3.8, 4) is 5.75 Å². The summed E-state index contributed by atoms with van der Waals surface area (Å²) in [5, 5.41) is 2.89. The molecule has 7 heteroatoms. The molecule has 32 heavy (non-hydrogen) atoms. The molecule has 7 nitrogen and oxygen atoms in total. The summed E-state index contributed by atoms with van der Waals surface area (Å²) < 4.78 is 5.75. The van der Waals surface area contributed by atoms with E-state index in [0.29, 0.717) is 22.7 Å². The van der Waals surface area contributed by atoms with Crippen LogP contribution in [-0.4, -0.2) is 48.4 Å². The van der Waals surface area contributed by atoms with Crippen LogP contribution in [0.1, 0.15) is 47.7 Å². The molecular weight excluding hydrogens is 406 g/mol. The average molecular weight is 436 g/mol. The summed E-state index contributed by atoms with van der Waals surface area (Å²) in [4.78, 5) is 41.8. The van der Waals surface area contributed by atoms with Crippen LogP contribution in [0.2, 0.25) is 0 Å². The molecule has 2 aromatic rings. The molecule has 0 radical (unpaired) electrons. The Kier molecular flexibility index (Phi) is 6.17. The van der Waals surface area contributed by atoms with Crippen molar-refractivity contribution in [2.45, 2.75) is 46.1 Å².